The van der Waals surface area contributed by atoms with E-state index in [1.54, 1.807) is 26.0 Å². The van der Waals surface area contributed by atoms with Gasteiger partial charge in [-0.1, -0.05) is 38.1 Å². The van der Waals surface area contributed by atoms with Gasteiger partial charge in [0.05, 0.1) is 38.1 Å². The summed E-state index contributed by atoms with van der Waals surface area (Å²) >= 11 is 1.13. The zero-order valence-electron chi connectivity index (χ0n) is 36.8. The number of nitrogens with one attached hydrogen (secondary N) is 6. The summed E-state index contributed by atoms with van der Waals surface area (Å²) in [6, 6.07) is 4.20. The Morgan fingerprint density at radius 3 is 2.12 bits per heavy atom. The van der Waals surface area contributed by atoms with Gasteiger partial charge in [-0.3, -0.25) is 53.3 Å². The van der Waals surface area contributed by atoms with Gasteiger partial charge in [-0.15, -0.1) is 0 Å². The molecule has 1 heterocycles. The molecular formula is C43H59FN10O11S. The van der Waals surface area contributed by atoms with Crippen molar-refractivity contribution in [1.29, 1.82) is 0 Å². The molecule has 9 amide bonds. The highest BCUT2D eigenvalue weighted by Gasteiger charge is 2.34. The molecule has 0 aliphatic carbocycles. The Morgan fingerprint density at radius 1 is 0.848 bits per heavy atom. The molecule has 1 aliphatic heterocycles. The SMILES string of the molecule is CC(C)C[C@H](NC(=O)CN(Cc1ccc(F)cc1)C(=O)[C@@H]1CSCCCC(=O)N[C@@H](Cc2ccc(O)cc2)C(=O)CN[C@@H](CCC(N)=O)C(=O)N[C@@H](CC(N)=O)C(=O)N1)C(=O)NCC(N)=O. The van der Waals surface area contributed by atoms with Gasteiger partial charge in [0, 0.05) is 25.1 Å². The Hall–Kier alpha value is -6.62. The molecule has 2 aromatic carbocycles. The number of hydrogen-bond acceptors (Lipinski definition) is 13. The summed E-state index contributed by atoms with van der Waals surface area (Å²) in [7, 11) is 0. The normalized spacial score (nSPS) is 19.5. The lowest BCUT2D eigenvalue weighted by molar-refractivity contribution is -0.140. The number of phenols is 1. The average Bonchev–Trinajstić information content (AvgIpc) is 3.24. The maximum atomic E-state index is 14.6. The van der Waals surface area contributed by atoms with Gasteiger partial charge < -0.3 is 53.8 Å². The topological polar surface area (TPSA) is 344 Å². The molecule has 360 valence electrons. The lowest BCUT2D eigenvalue weighted by Crippen LogP contribution is -2.59. The van der Waals surface area contributed by atoms with Gasteiger partial charge in [-0.05, 0) is 72.7 Å². The Balaban J connectivity index is 2.01. The van der Waals surface area contributed by atoms with Crippen LogP contribution in [0.2, 0.25) is 0 Å². The van der Waals surface area contributed by atoms with Crippen LogP contribution in [-0.2, 0) is 60.9 Å². The van der Waals surface area contributed by atoms with Crippen molar-refractivity contribution < 1.29 is 57.4 Å². The second-order valence-corrected chi connectivity index (χ2v) is 17.3. The lowest BCUT2D eigenvalue weighted by atomic mass is 10.0. The van der Waals surface area contributed by atoms with Crippen molar-refractivity contribution in [2.24, 2.45) is 23.1 Å². The largest absolute Gasteiger partial charge is 0.508 e. The maximum absolute atomic E-state index is 14.6. The molecule has 1 saturated heterocycles. The number of ketones is 1. The molecule has 0 saturated carbocycles. The quantitative estimate of drug-likeness (QED) is 0.0766. The molecule has 0 aromatic heterocycles. The summed E-state index contributed by atoms with van der Waals surface area (Å²) in [5.74, 6) is -8.69. The first-order chi connectivity index (χ1) is 31.2. The van der Waals surface area contributed by atoms with Crippen LogP contribution in [0, 0.1) is 11.7 Å². The highest BCUT2D eigenvalue weighted by atomic mass is 32.2. The number of nitrogens with zero attached hydrogens (tertiary/aromatic N) is 1. The molecule has 2 aromatic rings. The number of thioether (sulfide) groups is 1. The number of hydrogen-bond donors (Lipinski definition) is 10. The Bertz CT molecular complexity index is 2060. The number of primary amides is 3. The van der Waals surface area contributed by atoms with E-state index in [9.17, 15) is 57.4 Å². The Morgan fingerprint density at radius 2 is 1.50 bits per heavy atom. The van der Waals surface area contributed by atoms with Crippen LogP contribution in [0.5, 0.6) is 5.75 Å². The van der Waals surface area contributed by atoms with E-state index in [1.165, 1.54) is 24.3 Å². The van der Waals surface area contributed by atoms with Gasteiger partial charge in [0.2, 0.25) is 53.2 Å². The summed E-state index contributed by atoms with van der Waals surface area (Å²) < 4.78 is 13.9. The minimum absolute atomic E-state index is 0.0113. The molecule has 1 fully saturated rings. The number of Topliss-reactive ketones (excluding diaryl/α,β-unsaturated/α-hetero) is 1. The van der Waals surface area contributed by atoms with E-state index < -0.39 is 121 Å². The highest BCUT2D eigenvalue weighted by Crippen LogP contribution is 2.16. The number of carbonyl (C=O) groups is 10. The Labute approximate surface area is 385 Å². The van der Waals surface area contributed by atoms with Gasteiger partial charge >= 0.3 is 0 Å². The number of aromatic hydroxyl groups is 1. The van der Waals surface area contributed by atoms with E-state index in [1.807, 2.05) is 0 Å². The van der Waals surface area contributed by atoms with Crippen LogP contribution in [0.15, 0.2) is 48.5 Å². The van der Waals surface area contributed by atoms with Crippen molar-refractivity contribution in [2.45, 2.75) is 95.5 Å². The van der Waals surface area contributed by atoms with Gasteiger partial charge in [0.25, 0.3) is 0 Å². The van der Waals surface area contributed by atoms with Crippen LogP contribution in [0.4, 0.5) is 4.39 Å². The van der Waals surface area contributed by atoms with Gasteiger partial charge in [-0.2, -0.15) is 11.8 Å². The van der Waals surface area contributed by atoms with Gasteiger partial charge in [0.15, 0.2) is 5.78 Å². The third kappa shape index (κ3) is 19.6. The first-order valence-corrected chi connectivity index (χ1v) is 22.3. The van der Waals surface area contributed by atoms with Crippen LogP contribution in [0.25, 0.3) is 0 Å². The molecule has 3 rings (SSSR count). The van der Waals surface area contributed by atoms with E-state index in [4.69, 9.17) is 17.2 Å². The van der Waals surface area contributed by atoms with Gasteiger partial charge in [-0.25, -0.2) is 4.39 Å². The first kappa shape index (κ1) is 53.7. The summed E-state index contributed by atoms with van der Waals surface area (Å²) in [6.07, 6.45) is -1.07. The van der Waals surface area contributed by atoms with Crippen LogP contribution in [0.3, 0.4) is 0 Å². The molecule has 5 atom stereocenters. The van der Waals surface area contributed by atoms with E-state index in [-0.39, 0.29) is 68.2 Å². The predicted molar refractivity (Wildman–Crippen MR) is 239 cm³/mol. The van der Waals surface area contributed by atoms with Crippen molar-refractivity contribution in [3.05, 3.63) is 65.5 Å². The van der Waals surface area contributed by atoms with Crippen molar-refractivity contribution in [3.63, 3.8) is 0 Å². The number of amides is 9. The zero-order valence-corrected chi connectivity index (χ0v) is 37.6. The third-order valence-electron chi connectivity index (χ3n) is 9.98. The zero-order chi connectivity index (χ0) is 48.9. The van der Waals surface area contributed by atoms with Crippen LogP contribution >= 0.6 is 11.8 Å². The average molecular weight is 943 g/mol. The van der Waals surface area contributed by atoms with E-state index in [2.05, 4.69) is 31.9 Å². The Kier molecular flexibility index (Phi) is 22.0. The first-order valence-electron chi connectivity index (χ1n) is 21.2. The predicted octanol–water partition coefficient (Wildman–Crippen LogP) is -2.12. The number of benzene rings is 2. The summed E-state index contributed by atoms with van der Waals surface area (Å²) in [5, 5.41) is 25.1. The van der Waals surface area contributed by atoms with E-state index in [0.717, 1.165) is 28.8 Å². The molecule has 0 radical (unpaired) electrons. The van der Waals surface area contributed by atoms with Crippen molar-refractivity contribution in [3.8, 4) is 5.75 Å². The summed E-state index contributed by atoms with van der Waals surface area (Å²) in [5.41, 5.74) is 17.0. The molecule has 13 N–H and O–H groups in total. The monoisotopic (exact) mass is 942 g/mol. The standard InChI is InChI=1S/C43H59FN10O11S/c1-24(2)16-31(40(62)49-20-37(47)59)51-39(61)22-54(21-26-5-9-27(44)10-6-26)43(65)33-23-66-15-3-4-38(60)50-30(17-25-7-11-28(55)12-8-25)34(56)19-48-29(13-14-35(45)57)41(63)52-32(18-36(46)58)42(64)53-33/h5-12,24,29-33,48,55H,3-4,13-23H2,1-2H3,(H2,45,57)(H2,46,58)(H2,47,59)(H,49,62)(H,50,60)(H,51,61)(H,52,63)(H,53,64)/t29-,30-,31-,32-,33-/m0/s1. The molecule has 66 heavy (non-hydrogen) atoms. The fourth-order valence-electron chi connectivity index (χ4n) is 6.66. The van der Waals surface area contributed by atoms with Crippen molar-refractivity contribution >= 4 is 70.7 Å². The summed E-state index contributed by atoms with van der Waals surface area (Å²) in [4.78, 5) is 132. The number of rotatable bonds is 18. The maximum Gasteiger partial charge on any atom is 0.246 e. The van der Waals surface area contributed by atoms with Gasteiger partial charge in [0.1, 0.15) is 29.7 Å². The fraction of sp³-hybridized carbons (Fsp3) is 0.488. The molecule has 0 spiro atoms. The molecule has 0 bridgehead atoms. The smallest absolute Gasteiger partial charge is 0.246 e. The number of halogens is 1. The minimum Gasteiger partial charge on any atom is -0.508 e. The number of carbonyl (C=O) groups excluding carboxylic acids is 10. The van der Waals surface area contributed by atoms with Crippen LogP contribution < -0.4 is 49.1 Å². The fourth-order valence-corrected chi connectivity index (χ4v) is 7.64. The molecule has 0 unspecified atom stereocenters. The highest BCUT2D eigenvalue weighted by molar-refractivity contribution is 7.99. The minimum atomic E-state index is -1.70. The lowest BCUT2D eigenvalue weighted by Gasteiger charge is -2.30. The van der Waals surface area contributed by atoms with E-state index in [0.29, 0.717) is 11.1 Å². The number of phenolic OH excluding ortho intramolecular Hbond substituents is 1. The number of nitrogens with two attached hydrogens (primary N) is 3. The van der Waals surface area contributed by atoms with Crippen molar-refractivity contribution in [1.82, 2.24) is 36.8 Å². The summed E-state index contributed by atoms with van der Waals surface area (Å²) in [6.45, 7) is 1.59. The molecule has 21 nitrogen and oxygen atoms in total. The molecule has 1 aliphatic rings. The second kappa shape index (κ2) is 27.0. The van der Waals surface area contributed by atoms with Crippen LogP contribution in [0.1, 0.15) is 63.5 Å². The van der Waals surface area contributed by atoms with Crippen molar-refractivity contribution in [2.75, 3.05) is 31.1 Å². The molecule has 23 heteroatoms. The second-order valence-electron chi connectivity index (χ2n) is 16.1. The molecular weight excluding hydrogens is 884 g/mol. The van der Waals surface area contributed by atoms with E-state index >= 15 is 0 Å². The third-order valence-corrected chi connectivity index (χ3v) is 11.1. The van der Waals surface area contributed by atoms with Crippen LogP contribution in [-0.4, -0.2) is 130 Å².